The Balaban J connectivity index is 1.50. The van der Waals surface area contributed by atoms with Gasteiger partial charge >= 0.3 is 0 Å². The van der Waals surface area contributed by atoms with Crippen LogP contribution in [0.25, 0.3) is 0 Å². The highest BCUT2D eigenvalue weighted by Gasteiger charge is 2.28. The van der Waals surface area contributed by atoms with Crippen LogP contribution in [0.4, 0.5) is 0 Å². The first-order valence-electron chi connectivity index (χ1n) is 8.94. The van der Waals surface area contributed by atoms with Crippen molar-refractivity contribution in [1.82, 2.24) is 29.4 Å². The van der Waals surface area contributed by atoms with Gasteiger partial charge in [0.25, 0.3) is 11.5 Å². The van der Waals surface area contributed by atoms with Crippen LogP contribution in [0.15, 0.2) is 54.1 Å². The first kappa shape index (κ1) is 17.1. The Morgan fingerprint density at radius 1 is 1.22 bits per heavy atom. The number of amides is 1. The molecule has 1 aliphatic rings. The average Bonchev–Trinajstić information content (AvgIpc) is 3.17. The molecule has 0 spiro atoms. The molecule has 4 rings (SSSR count). The minimum atomic E-state index is -0.318. The summed E-state index contributed by atoms with van der Waals surface area (Å²) in [7, 11) is 0. The van der Waals surface area contributed by atoms with Crippen LogP contribution < -0.4 is 5.56 Å². The largest absolute Gasteiger partial charge is 0.337 e. The van der Waals surface area contributed by atoms with Crippen LogP contribution in [-0.4, -0.2) is 48.4 Å². The Hall–Kier alpha value is -3.29. The van der Waals surface area contributed by atoms with Crippen LogP contribution in [0.1, 0.15) is 40.6 Å². The SMILES string of the molecule is O=C(c1c[nH]c(=O)cn1)N1CCCC(c2nccn2Cc2ccncc2)C1. The summed E-state index contributed by atoms with van der Waals surface area (Å²) < 4.78 is 2.13. The topological polar surface area (TPSA) is 96.8 Å². The lowest BCUT2D eigenvalue weighted by Gasteiger charge is -2.32. The zero-order valence-electron chi connectivity index (χ0n) is 14.8. The molecule has 0 aromatic carbocycles. The van der Waals surface area contributed by atoms with E-state index in [1.165, 1.54) is 6.20 Å². The van der Waals surface area contributed by atoms with Gasteiger partial charge in [-0.2, -0.15) is 0 Å². The molecule has 138 valence electrons. The number of nitrogens with zero attached hydrogens (tertiary/aromatic N) is 5. The fourth-order valence-corrected chi connectivity index (χ4v) is 3.49. The van der Waals surface area contributed by atoms with Crippen molar-refractivity contribution >= 4 is 5.91 Å². The summed E-state index contributed by atoms with van der Waals surface area (Å²) in [5, 5.41) is 0. The van der Waals surface area contributed by atoms with Crippen molar-refractivity contribution in [1.29, 1.82) is 0 Å². The van der Waals surface area contributed by atoms with Gasteiger partial charge in [-0.05, 0) is 30.5 Å². The molecule has 0 aliphatic carbocycles. The van der Waals surface area contributed by atoms with E-state index in [1.807, 2.05) is 18.3 Å². The minimum absolute atomic E-state index is 0.164. The highest BCUT2D eigenvalue weighted by Crippen LogP contribution is 2.27. The summed E-state index contributed by atoms with van der Waals surface area (Å²) in [6, 6.07) is 3.98. The summed E-state index contributed by atoms with van der Waals surface area (Å²) in [5.41, 5.74) is 1.10. The molecule has 0 saturated carbocycles. The van der Waals surface area contributed by atoms with Gasteiger partial charge < -0.3 is 14.5 Å². The van der Waals surface area contributed by atoms with Gasteiger partial charge in [-0.1, -0.05) is 0 Å². The lowest BCUT2D eigenvalue weighted by atomic mass is 9.96. The number of imidazole rings is 1. The molecule has 8 nitrogen and oxygen atoms in total. The predicted molar refractivity (Wildman–Crippen MR) is 98.3 cm³/mol. The van der Waals surface area contributed by atoms with Crippen LogP contribution in [0, 0.1) is 0 Å². The normalized spacial score (nSPS) is 17.0. The zero-order valence-corrected chi connectivity index (χ0v) is 14.8. The molecule has 4 heterocycles. The summed E-state index contributed by atoms with van der Waals surface area (Å²) in [4.78, 5) is 40.7. The molecule has 1 aliphatic heterocycles. The first-order chi connectivity index (χ1) is 13.2. The summed E-state index contributed by atoms with van der Waals surface area (Å²) in [5.74, 6) is 0.990. The molecular weight excluding hydrogens is 344 g/mol. The quantitative estimate of drug-likeness (QED) is 0.755. The third kappa shape index (κ3) is 3.79. The molecule has 1 fully saturated rings. The predicted octanol–water partition coefficient (Wildman–Crippen LogP) is 1.43. The van der Waals surface area contributed by atoms with Crippen LogP contribution >= 0.6 is 0 Å². The Kier molecular flexibility index (Phi) is 4.78. The molecular formula is C19H20N6O2. The molecule has 27 heavy (non-hydrogen) atoms. The molecule has 1 N–H and O–H groups in total. The standard InChI is InChI=1S/C19H20N6O2/c26-17-11-22-16(10-23-17)19(27)25-8-1-2-15(13-25)18-21-7-9-24(18)12-14-3-5-20-6-4-14/h3-7,9-11,15H,1-2,8,12-13H2,(H,23,26). The van der Waals surface area contributed by atoms with Gasteiger partial charge in [0, 0.05) is 56.5 Å². The molecule has 1 saturated heterocycles. The lowest BCUT2D eigenvalue weighted by Crippen LogP contribution is -2.40. The van der Waals surface area contributed by atoms with E-state index in [1.54, 1.807) is 23.5 Å². The van der Waals surface area contributed by atoms with E-state index in [0.717, 1.165) is 37.0 Å². The van der Waals surface area contributed by atoms with Crippen molar-refractivity contribution in [2.24, 2.45) is 0 Å². The molecule has 8 heteroatoms. The van der Waals surface area contributed by atoms with Gasteiger partial charge in [-0.15, -0.1) is 0 Å². The van der Waals surface area contributed by atoms with Crippen LogP contribution in [0.5, 0.6) is 0 Å². The second-order valence-electron chi connectivity index (χ2n) is 6.66. The van der Waals surface area contributed by atoms with E-state index in [0.29, 0.717) is 13.1 Å². The van der Waals surface area contributed by atoms with Gasteiger partial charge in [0.2, 0.25) is 0 Å². The molecule has 3 aromatic rings. The van der Waals surface area contributed by atoms with Crippen LogP contribution in [-0.2, 0) is 6.54 Å². The summed E-state index contributed by atoms with van der Waals surface area (Å²) >= 11 is 0. The maximum Gasteiger partial charge on any atom is 0.273 e. The van der Waals surface area contributed by atoms with Crippen molar-refractivity contribution in [3.63, 3.8) is 0 Å². The second kappa shape index (κ2) is 7.53. The Bertz CT molecular complexity index is 961. The highest BCUT2D eigenvalue weighted by atomic mass is 16.2. The third-order valence-corrected chi connectivity index (χ3v) is 4.81. The van der Waals surface area contributed by atoms with Crippen LogP contribution in [0.2, 0.25) is 0 Å². The zero-order chi connectivity index (χ0) is 18.6. The van der Waals surface area contributed by atoms with Gasteiger partial charge in [-0.3, -0.25) is 14.6 Å². The Morgan fingerprint density at radius 3 is 2.85 bits per heavy atom. The lowest BCUT2D eigenvalue weighted by molar-refractivity contribution is 0.0697. The number of carbonyl (C=O) groups excluding carboxylic acids is 1. The number of H-pyrrole nitrogens is 1. The molecule has 0 bridgehead atoms. The smallest absolute Gasteiger partial charge is 0.273 e. The van der Waals surface area contributed by atoms with E-state index in [4.69, 9.17) is 0 Å². The number of aromatic amines is 1. The highest BCUT2D eigenvalue weighted by molar-refractivity contribution is 5.92. The van der Waals surface area contributed by atoms with Gasteiger partial charge in [0.15, 0.2) is 0 Å². The van der Waals surface area contributed by atoms with Crippen molar-refractivity contribution in [2.45, 2.75) is 25.3 Å². The molecule has 0 radical (unpaired) electrons. The number of hydrogen-bond donors (Lipinski definition) is 1. The van der Waals surface area contributed by atoms with Crippen molar-refractivity contribution in [2.75, 3.05) is 13.1 Å². The number of aromatic nitrogens is 5. The number of likely N-dealkylation sites (tertiary alicyclic amines) is 1. The maximum absolute atomic E-state index is 12.7. The minimum Gasteiger partial charge on any atom is -0.337 e. The van der Waals surface area contributed by atoms with E-state index in [9.17, 15) is 9.59 Å². The third-order valence-electron chi connectivity index (χ3n) is 4.81. The summed E-state index contributed by atoms with van der Waals surface area (Å²) in [6.07, 6.45) is 11.7. The number of rotatable bonds is 4. The number of carbonyl (C=O) groups is 1. The molecule has 1 amide bonds. The van der Waals surface area contributed by atoms with Gasteiger partial charge in [0.1, 0.15) is 11.5 Å². The number of hydrogen-bond acceptors (Lipinski definition) is 5. The fourth-order valence-electron chi connectivity index (χ4n) is 3.49. The number of nitrogens with one attached hydrogen (secondary N) is 1. The van der Waals surface area contributed by atoms with E-state index >= 15 is 0 Å². The van der Waals surface area contributed by atoms with E-state index in [-0.39, 0.29) is 23.1 Å². The fraction of sp³-hybridized carbons (Fsp3) is 0.316. The Labute approximate surface area is 155 Å². The number of pyridine rings is 1. The maximum atomic E-state index is 12.7. The second-order valence-corrected chi connectivity index (χ2v) is 6.66. The van der Waals surface area contributed by atoms with E-state index in [2.05, 4.69) is 24.5 Å². The number of piperidine rings is 1. The summed E-state index contributed by atoms with van der Waals surface area (Å²) in [6.45, 7) is 2.00. The van der Waals surface area contributed by atoms with Gasteiger partial charge in [-0.25, -0.2) is 9.97 Å². The van der Waals surface area contributed by atoms with E-state index < -0.39 is 0 Å². The first-order valence-corrected chi connectivity index (χ1v) is 8.94. The van der Waals surface area contributed by atoms with Crippen LogP contribution in [0.3, 0.4) is 0 Å². The van der Waals surface area contributed by atoms with Crippen molar-refractivity contribution in [3.05, 3.63) is 76.7 Å². The monoisotopic (exact) mass is 364 g/mol. The van der Waals surface area contributed by atoms with Crippen molar-refractivity contribution < 1.29 is 4.79 Å². The molecule has 3 aromatic heterocycles. The van der Waals surface area contributed by atoms with Gasteiger partial charge in [0.05, 0.1) is 6.20 Å². The Morgan fingerprint density at radius 2 is 2.07 bits per heavy atom. The molecule has 1 atom stereocenters. The molecule has 1 unspecified atom stereocenters. The van der Waals surface area contributed by atoms with Crippen molar-refractivity contribution in [3.8, 4) is 0 Å². The average molecular weight is 364 g/mol.